The van der Waals surface area contributed by atoms with E-state index in [1.54, 1.807) is 6.92 Å². The second-order valence-electron chi connectivity index (χ2n) is 2.41. The first kappa shape index (κ1) is 14.0. The fourth-order valence-electron chi connectivity index (χ4n) is 0.867. The van der Waals surface area contributed by atoms with E-state index in [0.29, 0.717) is 30.2 Å². The molecule has 0 unspecified atom stereocenters. The van der Waals surface area contributed by atoms with Gasteiger partial charge in [0.1, 0.15) is 5.03 Å². The number of hydrogen-bond donors (Lipinski definition) is 2. The summed E-state index contributed by atoms with van der Waals surface area (Å²) in [4.78, 5) is 10.9. The number of ether oxygens (including phenoxy) is 1. The van der Waals surface area contributed by atoms with Gasteiger partial charge in [0.25, 0.3) is 0 Å². The molecule has 0 aliphatic heterocycles. The molecular formula is C7H12N3NaO2S. The summed E-state index contributed by atoms with van der Waals surface area (Å²) in [6, 6.07) is 0. The van der Waals surface area contributed by atoms with Crippen LogP contribution >= 0.6 is 12.6 Å². The van der Waals surface area contributed by atoms with Crippen molar-refractivity contribution >= 4 is 48.2 Å². The number of nitrogens with one attached hydrogen (secondary N) is 1. The maximum atomic E-state index is 10.9. The number of aromatic nitrogens is 3. The normalized spacial score (nSPS) is 9.29. The molecule has 0 saturated heterocycles. The number of hydrogen-bond acceptors (Lipinski definition) is 5. The van der Waals surface area contributed by atoms with Crippen molar-refractivity contribution in [2.75, 3.05) is 6.61 Å². The van der Waals surface area contributed by atoms with E-state index < -0.39 is 0 Å². The Kier molecular flexibility index (Phi) is 7.26. The Hall–Kier alpha value is -0.0400. The molecule has 0 spiro atoms. The van der Waals surface area contributed by atoms with E-state index in [2.05, 4.69) is 28.0 Å². The average molecular weight is 225 g/mol. The number of rotatable bonds is 4. The Bertz CT molecular complexity index is 292. The summed E-state index contributed by atoms with van der Waals surface area (Å²) < 4.78 is 4.76. The van der Waals surface area contributed by atoms with E-state index in [1.807, 2.05) is 0 Å². The maximum absolute atomic E-state index is 10.9. The summed E-state index contributed by atoms with van der Waals surface area (Å²) in [6.07, 6.45) is 0.822. The van der Waals surface area contributed by atoms with E-state index in [1.165, 1.54) is 0 Å². The summed E-state index contributed by atoms with van der Waals surface area (Å²) in [6.45, 7) is 2.18. The molecule has 1 heterocycles. The molecule has 0 atom stereocenters. The standard InChI is InChI=1S/C7H11N3O2S.Na.H/c1-2-12-6(11)4-3-5-7(13)9-10-8-5;;/h2-4H2,1H3,(H2,8,9,10,13);;. The molecule has 1 N–H and O–H groups in total. The number of H-pyrrole nitrogens is 1. The second kappa shape index (κ2) is 7.28. The van der Waals surface area contributed by atoms with E-state index in [-0.39, 0.29) is 35.5 Å². The molecule has 0 aromatic carbocycles. The molecule has 7 heteroatoms. The van der Waals surface area contributed by atoms with Gasteiger partial charge in [0.05, 0.1) is 18.7 Å². The summed E-state index contributed by atoms with van der Waals surface area (Å²) >= 11 is 4.07. The van der Waals surface area contributed by atoms with Crippen molar-refractivity contribution in [3.8, 4) is 0 Å². The van der Waals surface area contributed by atoms with Crippen molar-refractivity contribution < 1.29 is 9.53 Å². The van der Waals surface area contributed by atoms with Crippen molar-refractivity contribution in [2.45, 2.75) is 24.8 Å². The van der Waals surface area contributed by atoms with Crippen LogP contribution in [-0.4, -0.2) is 57.5 Å². The van der Waals surface area contributed by atoms with Gasteiger partial charge in [0, 0.05) is 6.42 Å². The zero-order chi connectivity index (χ0) is 9.68. The fraction of sp³-hybridized carbons (Fsp3) is 0.571. The zero-order valence-electron chi connectivity index (χ0n) is 7.28. The number of aryl methyl sites for hydroxylation is 1. The molecule has 1 aromatic rings. The van der Waals surface area contributed by atoms with E-state index in [4.69, 9.17) is 4.74 Å². The quantitative estimate of drug-likeness (QED) is 0.428. The molecule has 74 valence electrons. The molecule has 0 saturated carbocycles. The van der Waals surface area contributed by atoms with Gasteiger partial charge in [0.15, 0.2) is 0 Å². The van der Waals surface area contributed by atoms with Gasteiger partial charge >= 0.3 is 35.5 Å². The molecule has 14 heavy (non-hydrogen) atoms. The number of thiol groups is 1. The van der Waals surface area contributed by atoms with E-state index in [0.717, 1.165) is 0 Å². The van der Waals surface area contributed by atoms with Crippen LogP contribution in [0.25, 0.3) is 0 Å². The van der Waals surface area contributed by atoms with Crippen LogP contribution in [0.2, 0.25) is 0 Å². The minimum atomic E-state index is -0.224. The Morgan fingerprint density at radius 1 is 1.64 bits per heavy atom. The molecule has 0 aliphatic rings. The summed E-state index contributed by atoms with van der Waals surface area (Å²) in [5.74, 6) is -0.224. The van der Waals surface area contributed by atoms with Crippen LogP contribution in [0.15, 0.2) is 5.03 Å². The second-order valence-corrected chi connectivity index (χ2v) is 2.86. The van der Waals surface area contributed by atoms with Crippen molar-refractivity contribution in [1.82, 2.24) is 15.4 Å². The van der Waals surface area contributed by atoms with Gasteiger partial charge < -0.3 is 4.74 Å². The third-order valence-electron chi connectivity index (χ3n) is 1.47. The Labute approximate surface area is 110 Å². The van der Waals surface area contributed by atoms with Gasteiger partial charge in [-0.25, -0.2) is 0 Å². The van der Waals surface area contributed by atoms with Gasteiger partial charge in [0.2, 0.25) is 0 Å². The molecule has 1 rings (SSSR count). The van der Waals surface area contributed by atoms with Gasteiger partial charge in [-0.2, -0.15) is 0 Å². The third-order valence-corrected chi connectivity index (χ3v) is 1.83. The summed E-state index contributed by atoms with van der Waals surface area (Å²) in [7, 11) is 0. The predicted octanol–water partition coefficient (Wildman–Crippen LogP) is -0.0594. The molecule has 0 fully saturated rings. The third kappa shape index (κ3) is 4.45. The number of carbonyl (C=O) groups is 1. The van der Waals surface area contributed by atoms with Crippen LogP contribution in [-0.2, 0) is 16.0 Å². The van der Waals surface area contributed by atoms with Crippen LogP contribution in [0.5, 0.6) is 0 Å². The van der Waals surface area contributed by atoms with Crippen LogP contribution < -0.4 is 0 Å². The van der Waals surface area contributed by atoms with Crippen LogP contribution in [0.1, 0.15) is 19.0 Å². The van der Waals surface area contributed by atoms with Crippen molar-refractivity contribution in [2.24, 2.45) is 0 Å². The molecule has 0 aliphatic carbocycles. The number of nitrogens with zero attached hydrogens (tertiary/aromatic N) is 2. The first-order valence-electron chi connectivity index (χ1n) is 3.98. The SMILES string of the molecule is CCOC(=O)CCc1nn[nH]c1S.[NaH]. The van der Waals surface area contributed by atoms with Crippen LogP contribution in [0, 0.1) is 0 Å². The topological polar surface area (TPSA) is 67.9 Å². The van der Waals surface area contributed by atoms with Gasteiger partial charge in [-0.15, -0.1) is 17.7 Å². The first-order chi connectivity index (χ1) is 6.24. The average Bonchev–Trinajstić information content (AvgIpc) is 2.48. The number of esters is 1. The number of aromatic amines is 1. The summed E-state index contributed by atoms with van der Waals surface area (Å²) in [5.41, 5.74) is 0.691. The van der Waals surface area contributed by atoms with Crippen LogP contribution in [0.3, 0.4) is 0 Å². The Balaban J connectivity index is 0.00000169. The minimum absolute atomic E-state index is 0. The van der Waals surface area contributed by atoms with Crippen molar-refractivity contribution in [3.63, 3.8) is 0 Å². The molecule has 0 amide bonds. The van der Waals surface area contributed by atoms with Gasteiger partial charge in [-0.1, -0.05) is 5.21 Å². The predicted molar refractivity (Wildman–Crippen MR) is 55.7 cm³/mol. The molecule has 0 radical (unpaired) electrons. The fourth-order valence-corrected chi connectivity index (χ4v) is 1.07. The molecule has 5 nitrogen and oxygen atoms in total. The van der Waals surface area contributed by atoms with E-state index in [9.17, 15) is 4.79 Å². The molecule has 1 aromatic heterocycles. The van der Waals surface area contributed by atoms with Gasteiger partial charge in [-0.3, -0.25) is 9.89 Å². The van der Waals surface area contributed by atoms with Crippen LogP contribution in [0.4, 0.5) is 0 Å². The first-order valence-corrected chi connectivity index (χ1v) is 4.43. The Morgan fingerprint density at radius 2 is 2.36 bits per heavy atom. The Morgan fingerprint density at radius 3 is 2.86 bits per heavy atom. The monoisotopic (exact) mass is 225 g/mol. The van der Waals surface area contributed by atoms with Gasteiger partial charge in [-0.05, 0) is 6.92 Å². The molecular weight excluding hydrogens is 213 g/mol. The summed E-state index contributed by atoms with van der Waals surface area (Å²) in [5, 5.41) is 10.5. The van der Waals surface area contributed by atoms with Crippen molar-refractivity contribution in [3.05, 3.63) is 5.69 Å². The van der Waals surface area contributed by atoms with Crippen molar-refractivity contribution in [1.29, 1.82) is 0 Å². The molecule has 0 bridgehead atoms. The number of carbonyl (C=O) groups excluding carboxylic acids is 1. The van der Waals surface area contributed by atoms with E-state index >= 15 is 0 Å². The zero-order valence-corrected chi connectivity index (χ0v) is 8.17.